The molecule has 35 heavy (non-hydrogen) atoms. The maximum absolute atomic E-state index is 14.0. The Kier molecular flexibility index (Phi) is 7.10. The quantitative estimate of drug-likeness (QED) is 0.694. The second-order valence-corrected chi connectivity index (χ2v) is 8.81. The molecule has 184 valence electrons. The highest BCUT2D eigenvalue weighted by Gasteiger charge is 2.43. The van der Waals surface area contributed by atoms with Crippen LogP contribution in [0.4, 0.5) is 19.4 Å². The van der Waals surface area contributed by atoms with E-state index in [2.05, 4.69) is 10.2 Å². The fraction of sp³-hybridized carbons (Fsp3) is 0.458. The number of carboxylic acid groups (broad SMARTS) is 1. The van der Waals surface area contributed by atoms with Gasteiger partial charge in [0, 0.05) is 44.6 Å². The molecule has 2 aliphatic heterocycles. The molecule has 0 unspecified atom stereocenters. The Balaban J connectivity index is 1.47. The highest BCUT2D eigenvalue weighted by molar-refractivity contribution is 5.80. The summed E-state index contributed by atoms with van der Waals surface area (Å²) >= 11 is 0. The van der Waals surface area contributed by atoms with Crippen molar-refractivity contribution in [2.75, 3.05) is 37.6 Å². The minimum atomic E-state index is -1.11. The minimum absolute atomic E-state index is 0.0629. The van der Waals surface area contributed by atoms with E-state index in [-0.39, 0.29) is 37.2 Å². The van der Waals surface area contributed by atoms with E-state index in [1.54, 1.807) is 24.0 Å². The number of nitriles is 1. The summed E-state index contributed by atoms with van der Waals surface area (Å²) in [7, 11) is 0. The molecule has 0 aliphatic carbocycles. The number of nitrogens with zero attached hydrogens (tertiary/aromatic N) is 6. The van der Waals surface area contributed by atoms with Crippen LogP contribution in [0, 0.1) is 28.9 Å². The molecule has 2 amide bonds. The van der Waals surface area contributed by atoms with Crippen molar-refractivity contribution in [2.45, 2.75) is 31.7 Å². The van der Waals surface area contributed by atoms with Gasteiger partial charge in [0.25, 0.3) is 0 Å². The Hall–Kier alpha value is -3.81. The molecule has 4 rings (SSSR count). The van der Waals surface area contributed by atoms with Crippen molar-refractivity contribution in [3.05, 3.63) is 53.2 Å². The molecule has 2 fully saturated rings. The van der Waals surface area contributed by atoms with Gasteiger partial charge in [-0.3, -0.25) is 4.79 Å². The van der Waals surface area contributed by atoms with Crippen LogP contribution in [-0.4, -0.2) is 75.9 Å². The molecular weight excluding hydrogens is 458 g/mol. The van der Waals surface area contributed by atoms with Crippen molar-refractivity contribution >= 4 is 17.8 Å². The molecule has 1 N–H and O–H groups in total. The fourth-order valence-corrected chi connectivity index (χ4v) is 5.03. The lowest BCUT2D eigenvalue weighted by Crippen LogP contribution is -2.45. The van der Waals surface area contributed by atoms with Gasteiger partial charge >= 0.3 is 6.09 Å². The zero-order valence-corrected chi connectivity index (χ0v) is 19.3. The van der Waals surface area contributed by atoms with Crippen LogP contribution in [0.5, 0.6) is 0 Å². The fourth-order valence-electron chi connectivity index (χ4n) is 5.03. The van der Waals surface area contributed by atoms with Crippen molar-refractivity contribution in [2.24, 2.45) is 5.92 Å². The molecule has 0 saturated carbocycles. The summed E-state index contributed by atoms with van der Waals surface area (Å²) in [6.07, 6.45) is 0.0678. The third-order valence-corrected chi connectivity index (χ3v) is 6.89. The number of halogens is 2. The summed E-state index contributed by atoms with van der Waals surface area (Å²) in [4.78, 5) is 30.2. The summed E-state index contributed by atoms with van der Waals surface area (Å²) in [5, 5.41) is 26.5. The average Bonchev–Trinajstić information content (AvgIpc) is 3.30. The van der Waals surface area contributed by atoms with Crippen molar-refractivity contribution < 1.29 is 23.5 Å². The van der Waals surface area contributed by atoms with Gasteiger partial charge in [-0.2, -0.15) is 5.26 Å². The number of piperidine rings is 1. The van der Waals surface area contributed by atoms with E-state index in [0.717, 1.165) is 12.1 Å². The summed E-state index contributed by atoms with van der Waals surface area (Å²) in [5.41, 5.74) is 0.707. The Morgan fingerprint density at radius 1 is 1.14 bits per heavy atom. The van der Waals surface area contributed by atoms with Gasteiger partial charge < -0.3 is 19.8 Å². The van der Waals surface area contributed by atoms with Gasteiger partial charge in [-0.05, 0) is 49.6 Å². The van der Waals surface area contributed by atoms with Gasteiger partial charge in [0.05, 0.1) is 6.04 Å². The lowest BCUT2D eigenvalue weighted by atomic mass is 9.93. The molecular formula is C24H26F2N6O3. The monoisotopic (exact) mass is 484 g/mol. The molecule has 2 saturated heterocycles. The van der Waals surface area contributed by atoms with Gasteiger partial charge in [0.2, 0.25) is 5.91 Å². The van der Waals surface area contributed by atoms with Crippen LogP contribution in [-0.2, 0) is 4.79 Å². The van der Waals surface area contributed by atoms with E-state index in [0.29, 0.717) is 37.3 Å². The number of benzene rings is 1. The molecule has 0 bridgehead atoms. The predicted molar refractivity (Wildman–Crippen MR) is 122 cm³/mol. The number of aromatic nitrogens is 2. The highest BCUT2D eigenvalue weighted by atomic mass is 19.2. The normalized spacial score (nSPS) is 20.5. The maximum Gasteiger partial charge on any atom is 0.407 e. The lowest BCUT2D eigenvalue weighted by molar-refractivity contribution is -0.135. The lowest BCUT2D eigenvalue weighted by Gasteiger charge is -2.33. The first-order valence-electron chi connectivity index (χ1n) is 11.5. The number of anilines is 1. The second kappa shape index (κ2) is 10.2. The largest absolute Gasteiger partial charge is 0.465 e. The zero-order valence-electron chi connectivity index (χ0n) is 19.3. The van der Waals surface area contributed by atoms with Gasteiger partial charge in [-0.25, -0.2) is 13.6 Å². The summed E-state index contributed by atoms with van der Waals surface area (Å²) in [5.74, 6) is -2.08. The average molecular weight is 485 g/mol. The molecule has 11 heteroatoms. The third-order valence-electron chi connectivity index (χ3n) is 6.89. The van der Waals surface area contributed by atoms with Crippen molar-refractivity contribution in [1.82, 2.24) is 20.0 Å². The Morgan fingerprint density at radius 3 is 2.46 bits per heavy atom. The maximum atomic E-state index is 14.0. The number of likely N-dealkylation sites (tertiary alicyclic amines) is 1. The molecule has 3 heterocycles. The van der Waals surface area contributed by atoms with E-state index >= 15 is 0 Å². The van der Waals surface area contributed by atoms with E-state index in [4.69, 9.17) is 5.26 Å². The standard InChI is InChI=1S/C24H26F2N6O3/c1-2-32(24(34)35)21-14-31(13-18(21)16-3-5-19(25)20(26)11-16)23(33)15-7-9-30(10-8-15)22-6-4-17(12-27)28-29-22/h3-6,11,15,18,21H,2,7-10,13-14H2,1H3,(H,34,35)/t18-,21+/m0/s1. The summed E-state index contributed by atoms with van der Waals surface area (Å²) < 4.78 is 27.5. The van der Waals surface area contributed by atoms with Crippen molar-refractivity contribution in [1.29, 1.82) is 5.26 Å². The number of rotatable bonds is 5. The molecule has 0 radical (unpaired) electrons. The van der Waals surface area contributed by atoms with Crippen LogP contribution in [0.25, 0.3) is 0 Å². The molecule has 9 nitrogen and oxygen atoms in total. The molecule has 1 aromatic carbocycles. The number of carbonyl (C=O) groups excluding carboxylic acids is 1. The number of carbonyl (C=O) groups is 2. The van der Waals surface area contributed by atoms with Gasteiger partial charge in [-0.1, -0.05) is 6.07 Å². The van der Waals surface area contributed by atoms with Crippen molar-refractivity contribution in [3.8, 4) is 6.07 Å². The predicted octanol–water partition coefficient (Wildman–Crippen LogP) is 2.84. The zero-order chi connectivity index (χ0) is 25.1. The van der Waals surface area contributed by atoms with Crippen LogP contribution in [0.1, 0.15) is 36.9 Å². The van der Waals surface area contributed by atoms with Crippen LogP contribution < -0.4 is 4.90 Å². The first-order valence-corrected chi connectivity index (χ1v) is 11.5. The Bertz CT molecular complexity index is 1130. The number of hydrogen-bond acceptors (Lipinski definition) is 6. The van der Waals surface area contributed by atoms with Gasteiger partial charge in [0.1, 0.15) is 6.07 Å². The van der Waals surface area contributed by atoms with Crippen LogP contribution in [0.15, 0.2) is 30.3 Å². The highest BCUT2D eigenvalue weighted by Crippen LogP contribution is 2.34. The smallest absolute Gasteiger partial charge is 0.407 e. The van der Waals surface area contributed by atoms with Crippen molar-refractivity contribution in [3.63, 3.8) is 0 Å². The molecule has 1 aromatic heterocycles. The Morgan fingerprint density at radius 2 is 1.89 bits per heavy atom. The van der Waals surface area contributed by atoms with Crippen LogP contribution in [0.2, 0.25) is 0 Å². The topological polar surface area (TPSA) is 114 Å². The van der Waals surface area contributed by atoms with Gasteiger partial charge in [-0.15, -0.1) is 10.2 Å². The van der Waals surface area contributed by atoms with E-state index in [9.17, 15) is 23.5 Å². The van der Waals surface area contributed by atoms with Crippen LogP contribution >= 0.6 is 0 Å². The van der Waals surface area contributed by atoms with Crippen LogP contribution in [0.3, 0.4) is 0 Å². The molecule has 2 aromatic rings. The van der Waals surface area contributed by atoms with E-state index in [1.165, 1.54) is 11.0 Å². The van der Waals surface area contributed by atoms with E-state index in [1.807, 2.05) is 11.0 Å². The number of amides is 2. The minimum Gasteiger partial charge on any atom is -0.465 e. The SMILES string of the molecule is CCN(C(=O)O)[C@@H]1CN(C(=O)C2CCN(c3ccc(C#N)nn3)CC2)C[C@H]1c1ccc(F)c(F)c1. The number of hydrogen-bond donors (Lipinski definition) is 1. The summed E-state index contributed by atoms with van der Waals surface area (Å²) in [6.45, 7) is 3.55. The first-order chi connectivity index (χ1) is 16.8. The molecule has 2 atom stereocenters. The second-order valence-electron chi connectivity index (χ2n) is 8.81. The van der Waals surface area contributed by atoms with E-state index < -0.39 is 29.7 Å². The first kappa shape index (κ1) is 24.3. The van der Waals surface area contributed by atoms with Gasteiger partial charge in [0.15, 0.2) is 23.1 Å². The Labute approximate surface area is 201 Å². The molecule has 0 spiro atoms. The molecule has 2 aliphatic rings. The third kappa shape index (κ3) is 5.01. The summed E-state index contributed by atoms with van der Waals surface area (Å²) in [6, 6.07) is 8.29. The number of likely N-dealkylation sites (N-methyl/N-ethyl adjacent to an activating group) is 1.